The predicted octanol–water partition coefficient (Wildman–Crippen LogP) is 4.76. The summed E-state index contributed by atoms with van der Waals surface area (Å²) in [7, 11) is 0. The molecule has 0 aliphatic rings. The van der Waals surface area contributed by atoms with Crippen LogP contribution in [-0.4, -0.2) is 10.5 Å². The average molecular weight is 387 g/mol. The van der Waals surface area contributed by atoms with Crippen LogP contribution in [0.4, 0.5) is 5.69 Å². The van der Waals surface area contributed by atoms with Crippen molar-refractivity contribution < 1.29 is 4.79 Å². The molecule has 2 aromatic carbocycles. The van der Waals surface area contributed by atoms with Crippen LogP contribution in [0.25, 0.3) is 0 Å². The number of hydrogen-bond acceptors (Lipinski definition) is 2. The Balaban J connectivity index is 1.89. The summed E-state index contributed by atoms with van der Waals surface area (Å²) in [5, 5.41) is 3.21. The summed E-state index contributed by atoms with van der Waals surface area (Å²) < 4.78 is 1.51. The molecular weight excluding hydrogens is 371 g/mol. The van der Waals surface area contributed by atoms with Gasteiger partial charge in [-0.05, 0) is 42.3 Å². The van der Waals surface area contributed by atoms with Gasteiger partial charge in [0, 0.05) is 6.20 Å². The number of anilines is 1. The van der Waals surface area contributed by atoms with E-state index in [1.165, 1.54) is 10.6 Å². The van der Waals surface area contributed by atoms with E-state index in [0.29, 0.717) is 17.3 Å². The number of nitrogens with zero attached hydrogens (tertiary/aromatic N) is 1. The fraction of sp³-hybridized carbons (Fsp3) is 0.100. The number of rotatable bonds is 4. The summed E-state index contributed by atoms with van der Waals surface area (Å²) >= 11 is 12.0. The van der Waals surface area contributed by atoms with Crippen LogP contribution < -0.4 is 10.9 Å². The Bertz CT molecular complexity index is 1030. The number of carbonyl (C=O) groups excluding carboxylic acids is 1. The number of nitrogens with one attached hydrogen (secondary N) is 1. The first-order chi connectivity index (χ1) is 12.5. The van der Waals surface area contributed by atoms with Gasteiger partial charge in [0.05, 0.1) is 22.3 Å². The summed E-state index contributed by atoms with van der Waals surface area (Å²) in [6, 6.07) is 15.9. The molecule has 3 rings (SSSR count). The Labute approximate surface area is 161 Å². The van der Waals surface area contributed by atoms with Crippen LogP contribution in [0.1, 0.15) is 21.5 Å². The number of halogens is 2. The molecule has 0 fully saturated rings. The topological polar surface area (TPSA) is 51.1 Å². The van der Waals surface area contributed by atoms with Crippen LogP contribution in [-0.2, 0) is 6.54 Å². The summed E-state index contributed by atoms with van der Waals surface area (Å²) in [5.74, 6) is -0.529. The number of benzene rings is 2. The van der Waals surface area contributed by atoms with Crippen molar-refractivity contribution in [3.63, 3.8) is 0 Å². The Kier molecular flexibility index (Phi) is 5.45. The van der Waals surface area contributed by atoms with Crippen molar-refractivity contribution in [2.45, 2.75) is 13.5 Å². The van der Waals surface area contributed by atoms with Crippen LogP contribution in [0.15, 0.2) is 65.6 Å². The first-order valence-corrected chi connectivity index (χ1v) is 8.72. The first-order valence-electron chi connectivity index (χ1n) is 7.96. The molecule has 26 heavy (non-hydrogen) atoms. The van der Waals surface area contributed by atoms with Crippen LogP contribution in [0.2, 0.25) is 10.0 Å². The monoisotopic (exact) mass is 386 g/mol. The molecule has 0 radical (unpaired) electrons. The highest BCUT2D eigenvalue weighted by atomic mass is 35.5. The van der Waals surface area contributed by atoms with Gasteiger partial charge >= 0.3 is 0 Å². The van der Waals surface area contributed by atoms with Crippen LogP contribution in [0, 0.1) is 6.92 Å². The molecule has 0 atom stereocenters. The largest absolute Gasteiger partial charge is 0.320 e. The average Bonchev–Trinajstić information content (AvgIpc) is 2.62. The molecule has 6 heteroatoms. The zero-order chi connectivity index (χ0) is 18.7. The minimum Gasteiger partial charge on any atom is -0.320 e. The van der Waals surface area contributed by atoms with Crippen molar-refractivity contribution in [2.75, 3.05) is 5.32 Å². The molecule has 1 N–H and O–H groups in total. The number of hydrogen-bond donors (Lipinski definition) is 1. The van der Waals surface area contributed by atoms with E-state index in [4.69, 9.17) is 23.2 Å². The zero-order valence-electron chi connectivity index (χ0n) is 14.0. The molecule has 0 aliphatic heterocycles. The Morgan fingerprint density at radius 2 is 1.81 bits per heavy atom. The van der Waals surface area contributed by atoms with Crippen molar-refractivity contribution in [2.24, 2.45) is 0 Å². The molecule has 0 saturated carbocycles. The van der Waals surface area contributed by atoms with E-state index in [1.54, 1.807) is 30.5 Å². The van der Waals surface area contributed by atoms with Gasteiger partial charge in [0.2, 0.25) is 0 Å². The highest BCUT2D eigenvalue weighted by Gasteiger charge is 2.15. The van der Waals surface area contributed by atoms with E-state index in [0.717, 1.165) is 11.1 Å². The maximum Gasteiger partial charge on any atom is 0.263 e. The normalized spacial score (nSPS) is 10.6. The number of amides is 1. The number of aromatic nitrogens is 1. The lowest BCUT2D eigenvalue weighted by atomic mass is 10.1. The van der Waals surface area contributed by atoms with E-state index < -0.39 is 5.91 Å². The van der Waals surface area contributed by atoms with Crippen molar-refractivity contribution >= 4 is 34.8 Å². The van der Waals surface area contributed by atoms with Crippen molar-refractivity contribution in [1.82, 2.24) is 4.57 Å². The SMILES string of the molecule is Cc1ccccc1Cn1cccc(C(=O)Nc2cccc(Cl)c2Cl)c1=O. The molecule has 0 bridgehead atoms. The molecule has 0 saturated heterocycles. The molecule has 132 valence electrons. The lowest BCUT2D eigenvalue weighted by Crippen LogP contribution is -2.29. The molecule has 0 unspecified atom stereocenters. The van der Waals surface area contributed by atoms with E-state index in [-0.39, 0.29) is 16.1 Å². The highest BCUT2D eigenvalue weighted by molar-refractivity contribution is 6.44. The van der Waals surface area contributed by atoms with Gasteiger partial charge < -0.3 is 9.88 Å². The third kappa shape index (κ3) is 3.82. The van der Waals surface area contributed by atoms with Gasteiger partial charge in [-0.2, -0.15) is 0 Å². The fourth-order valence-corrected chi connectivity index (χ4v) is 2.94. The Hall–Kier alpha value is -2.56. The van der Waals surface area contributed by atoms with Crippen molar-refractivity contribution in [3.8, 4) is 0 Å². The second-order valence-corrected chi connectivity index (χ2v) is 6.62. The highest BCUT2D eigenvalue weighted by Crippen LogP contribution is 2.29. The fourth-order valence-electron chi connectivity index (χ4n) is 2.60. The third-order valence-corrected chi connectivity index (χ3v) is 4.89. The molecule has 3 aromatic rings. The maximum absolute atomic E-state index is 12.7. The maximum atomic E-state index is 12.7. The van der Waals surface area contributed by atoms with Crippen LogP contribution in [0.5, 0.6) is 0 Å². The minimum atomic E-state index is -0.529. The quantitative estimate of drug-likeness (QED) is 0.702. The molecule has 1 amide bonds. The molecule has 1 aromatic heterocycles. The number of aryl methyl sites for hydroxylation is 1. The lowest BCUT2D eigenvalue weighted by Gasteiger charge is -2.11. The molecule has 4 nitrogen and oxygen atoms in total. The number of pyridine rings is 1. The predicted molar refractivity (Wildman–Crippen MR) is 105 cm³/mol. The summed E-state index contributed by atoms with van der Waals surface area (Å²) in [6.45, 7) is 2.38. The van der Waals surface area contributed by atoms with Crippen molar-refractivity contribution in [3.05, 3.63) is 97.9 Å². The van der Waals surface area contributed by atoms with E-state index in [1.807, 2.05) is 31.2 Å². The minimum absolute atomic E-state index is 0.0390. The third-order valence-electron chi connectivity index (χ3n) is 4.07. The Morgan fingerprint density at radius 1 is 1.04 bits per heavy atom. The summed E-state index contributed by atoms with van der Waals surface area (Å²) in [6.07, 6.45) is 1.66. The second-order valence-electron chi connectivity index (χ2n) is 5.84. The van der Waals surface area contributed by atoms with Gasteiger partial charge in [0.1, 0.15) is 5.56 Å². The van der Waals surface area contributed by atoms with Gasteiger partial charge in [0.15, 0.2) is 0 Å². The van der Waals surface area contributed by atoms with E-state index in [2.05, 4.69) is 5.32 Å². The van der Waals surface area contributed by atoms with Gasteiger partial charge in [-0.1, -0.05) is 53.5 Å². The summed E-state index contributed by atoms with van der Waals surface area (Å²) in [4.78, 5) is 25.3. The molecule has 0 aliphatic carbocycles. The van der Waals surface area contributed by atoms with Gasteiger partial charge in [-0.25, -0.2) is 0 Å². The Morgan fingerprint density at radius 3 is 2.58 bits per heavy atom. The van der Waals surface area contributed by atoms with Crippen molar-refractivity contribution in [1.29, 1.82) is 0 Å². The van der Waals surface area contributed by atoms with Gasteiger partial charge in [0.25, 0.3) is 11.5 Å². The van der Waals surface area contributed by atoms with Gasteiger partial charge in [-0.3, -0.25) is 9.59 Å². The standard InChI is InChI=1S/C20H16Cl2N2O2/c1-13-6-2-3-7-14(13)12-24-11-5-8-15(20(24)26)19(25)23-17-10-4-9-16(21)18(17)22/h2-11H,12H2,1H3,(H,23,25). The first kappa shape index (κ1) is 18.2. The second kappa shape index (κ2) is 7.77. The van der Waals surface area contributed by atoms with Crippen LogP contribution >= 0.6 is 23.2 Å². The zero-order valence-corrected chi connectivity index (χ0v) is 15.5. The summed E-state index contributed by atoms with van der Waals surface area (Å²) in [5.41, 5.74) is 2.13. The lowest BCUT2D eigenvalue weighted by molar-refractivity contribution is 0.102. The molecular formula is C20H16Cl2N2O2. The van der Waals surface area contributed by atoms with E-state index in [9.17, 15) is 9.59 Å². The van der Waals surface area contributed by atoms with Gasteiger partial charge in [-0.15, -0.1) is 0 Å². The van der Waals surface area contributed by atoms with E-state index >= 15 is 0 Å². The molecule has 0 spiro atoms. The molecule has 1 heterocycles. The smallest absolute Gasteiger partial charge is 0.263 e. The van der Waals surface area contributed by atoms with Crippen LogP contribution in [0.3, 0.4) is 0 Å². The number of carbonyl (C=O) groups is 1.